The summed E-state index contributed by atoms with van der Waals surface area (Å²) in [6.07, 6.45) is 1.79. The van der Waals surface area contributed by atoms with Crippen LogP contribution >= 0.6 is 11.6 Å². The van der Waals surface area contributed by atoms with E-state index in [1.807, 2.05) is 49.4 Å². The van der Waals surface area contributed by atoms with Crippen molar-refractivity contribution in [1.29, 1.82) is 0 Å². The Kier molecular flexibility index (Phi) is 7.55. The maximum atomic E-state index is 13.4. The van der Waals surface area contributed by atoms with Crippen molar-refractivity contribution >= 4 is 23.3 Å². The summed E-state index contributed by atoms with van der Waals surface area (Å²) in [7, 11) is 3.18. The van der Waals surface area contributed by atoms with E-state index in [0.717, 1.165) is 22.3 Å². The first-order valence-electron chi connectivity index (χ1n) is 11.1. The molecule has 0 saturated carbocycles. The Labute approximate surface area is 204 Å². The monoisotopic (exact) mass is 481 g/mol. The van der Waals surface area contributed by atoms with E-state index >= 15 is 0 Å². The summed E-state index contributed by atoms with van der Waals surface area (Å²) < 4.78 is 16.1. The summed E-state index contributed by atoms with van der Waals surface area (Å²) in [4.78, 5) is 20.2. The van der Waals surface area contributed by atoms with Crippen LogP contribution in [0.2, 0.25) is 5.02 Å². The van der Waals surface area contributed by atoms with Crippen molar-refractivity contribution < 1.29 is 19.0 Å². The molecule has 4 rings (SSSR count). The number of aromatic nitrogens is 1. The van der Waals surface area contributed by atoms with Crippen LogP contribution in [-0.4, -0.2) is 51.4 Å². The van der Waals surface area contributed by atoms with Gasteiger partial charge in [0.25, 0.3) is 5.91 Å². The Bertz CT molecular complexity index is 1160. The Hall–Kier alpha value is -3.29. The zero-order valence-corrected chi connectivity index (χ0v) is 20.3. The van der Waals surface area contributed by atoms with Gasteiger partial charge in [-0.15, -0.1) is 0 Å². The maximum Gasteiger partial charge on any atom is 0.255 e. The van der Waals surface area contributed by atoms with Gasteiger partial charge in [-0.25, -0.2) is 4.98 Å². The van der Waals surface area contributed by atoms with Crippen molar-refractivity contribution in [3.8, 4) is 22.6 Å². The highest BCUT2D eigenvalue weighted by atomic mass is 35.5. The highest BCUT2D eigenvalue weighted by Gasteiger charge is 2.21. The smallest absolute Gasteiger partial charge is 0.255 e. The molecule has 0 radical (unpaired) electrons. The largest absolute Gasteiger partial charge is 0.493 e. The molecule has 1 fully saturated rings. The lowest BCUT2D eigenvalue weighted by molar-refractivity contribution is 0.0949. The molecule has 0 aliphatic carbocycles. The van der Waals surface area contributed by atoms with Gasteiger partial charge in [0.05, 0.1) is 33.0 Å². The van der Waals surface area contributed by atoms with Crippen molar-refractivity contribution in [1.82, 2.24) is 10.3 Å². The van der Waals surface area contributed by atoms with Gasteiger partial charge in [-0.05, 0) is 53.9 Å². The second-order valence-electron chi connectivity index (χ2n) is 8.08. The molecular weight excluding hydrogens is 454 g/mol. The summed E-state index contributed by atoms with van der Waals surface area (Å²) in [5, 5.41) is 3.67. The maximum absolute atomic E-state index is 13.4. The van der Waals surface area contributed by atoms with E-state index in [-0.39, 0.29) is 5.91 Å². The van der Waals surface area contributed by atoms with Crippen LogP contribution in [0.1, 0.15) is 21.5 Å². The predicted octanol–water partition coefficient (Wildman–Crippen LogP) is 4.49. The van der Waals surface area contributed by atoms with Gasteiger partial charge < -0.3 is 24.4 Å². The van der Waals surface area contributed by atoms with E-state index < -0.39 is 0 Å². The number of anilines is 1. The van der Waals surface area contributed by atoms with E-state index in [9.17, 15) is 4.79 Å². The van der Waals surface area contributed by atoms with E-state index in [2.05, 4.69) is 10.2 Å². The molecule has 1 aromatic heterocycles. The summed E-state index contributed by atoms with van der Waals surface area (Å²) >= 11 is 6.28. The molecule has 8 heteroatoms. The van der Waals surface area contributed by atoms with E-state index in [1.165, 1.54) is 0 Å². The normalized spacial score (nSPS) is 13.5. The van der Waals surface area contributed by atoms with Crippen LogP contribution in [0.3, 0.4) is 0 Å². The molecule has 0 atom stereocenters. The van der Waals surface area contributed by atoms with Crippen LogP contribution in [0, 0.1) is 6.92 Å². The van der Waals surface area contributed by atoms with Crippen molar-refractivity contribution in [3.63, 3.8) is 0 Å². The summed E-state index contributed by atoms with van der Waals surface area (Å²) in [5.41, 5.74) is 4.20. The Morgan fingerprint density at radius 1 is 1.06 bits per heavy atom. The van der Waals surface area contributed by atoms with Gasteiger partial charge >= 0.3 is 0 Å². The third-order valence-electron chi connectivity index (χ3n) is 5.70. The minimum absolute atomic E-state index is 0.204. The topological polar surface area (TPSA) is 72.9 Å². The fraction of sp³-hybridized carbons (Fsp3) is 0.308. The molecule has 0 spiro atoms. The number of nitrogens with one attached hydrogen (secondary N) is 1. The van der Waals surface area contributed by atoms with Crippen LogP contribution in [0.25, 0.3) is 11.1 Å². The van der Waals surface area contributed by atoms with Gasteiger partial charge in [-0.2, -0.15) is 0 Å². The average molecular weight is 482 g/mol. The number of amides is 1. The number of halogens is 1. The lowest BCUT2D eigenvalue weighted by Gasteiger charge is -2.29. The molecule has 2 aromatic carbocycles. The molecule has 1 amide bonds. The van der Waals surface area contributed by atoms with Crippen LogP contribution in [0.4, 0.5) is 5.82 Å². The summed E-state index contributed by atoms with van der Waals surface area (Å²) in [6, 6.07) is 13.3. The molecule has 1 saturated heterocycles. The predicted molar refractivity (Wildman–Crippen MR) is 133 cm³/mol. The second-order valence-corrected chi connectivity index (χ2v) is 8.52. The van der Waals surface area contributed by atoms with Crippen LogP contribution in [0.5, 0.6) is 11.5 Å². The molecule has 0 bridgehead atoms. The Morgan fingerprint density at radius 2 is 1.82 bits per heavy atom. The number of hydrogen-bond donors (Lipinski definition) is 1. The van der Waals surface area contributed by atoms with Gasteiger partial charge in [-0.1, -0.05) is 23.7 Å². The fourth-order valence-corrected chi connectivity index (χ4v) is 4.27. The third kappa shape index (κ3) is 5.43. The van der Waals surface area contributed by atoms with Gasteiger partial charge in [0.2, 0.25) is 0 Å². The van der Waals surface area contributed by atoms with Crippen molar-refractivity contribution in [2.75, 3.05) is 45.4 Å². The molecule has 1 aliphatic heterocycles. The van der Waals surface area contributed by atoms with Crippen LogP contribution in [-0.2, 0) is 11.3 Å². The first-order chi connectivity index (χ1) is 16.5. The van der Waals surface area contributed by atoms with Crippen molar-refractivity contribution in [3.05, 3.63) is 70.4 Å². The lowest BCUT2D eigenvalue weighted by atomic mass is 10.0. The zero-order valence-electron chi connectivity index (χ0n) is 19.6. The standard InChI is InChI=1S/C26H28ClN3O4/c1-17-10-19(13-21(27)11-17)20-14-22(25(28-16-20)30-6-8-34-9-7-30)26(31)29-15-18-4-5-23(32-2)24(12-18)33-3/h4-5,10-14,16H,6-9,15H2,1-3H3,(H,29,31). The fourth-order valence-electron chi connectivity index (χ4n) is 3.98. The quantitative estimate of drug-likeness (QED) is 0.536. The number of pyridine rings is 1. The van der Waals surface area contributed by atoms with Gasteiger partial charge in [0, 0.05) is 36.4 Å². The van der Waals surface area contributed by atoms with E-state index in [1.54, 1.807) is 20.4 Å². The summed E-state index contributed by atoms with van der Waals surface area (Å²) in [5.74, 6) is 1.70. The number of aryl methyl sites for hydroxylation is 1. The number of carbonyl (C=O) groups excluding carboxylic acids is 1. The minimum Gasteiger partial charge on any atom is -0.493 e. The molecule has 0 unspecified atom stereocenters. The molecule has 7 nitrogen and oxygen atoms in total. The lowest BCUT2D eigenvalue weighted by Crippen LogP contribution is -2.38. The molecule has 2 heterocycles. The van der Waals surface area contributed by atoms with E-state index in [0.29, 0.717) is 60.8 Å². The van der Waals surface area contributed by atoms with Crippen LogP contribution in [0.15, 0.2) is 48.7 Å². The number of carbonyl (C=O) groups is 1. The second kappa shape index (κ2) is 10.8. The minimum atomic E-state index is -0.204. The van der Waals surface area contributed by atoms with Crippen LogP contribution < -0.4 is 19.7 Å². The first-order valence-corrected chi connectivity index (χ1v) is 11.5. The summed E-state index contributed by atoms with van der Waals surface area (Å²) in [6.45, 7) is 4.88. The third-order valence-corrected chi connectivity index (χ3v) is 5.92. The van der Waals surface area contributed by atoms with Crippen molar-refractivity contribution in [2.45, 2.75) is 13.5 Å². The molecule has 3 aromatic rings. The number of morpholine rings is 1. The number of methoxy groups -OCH3 is 2. The Morgan fingerprint density at radius 3 is 2.53 bits per heavy atom. The number of benzene rings is 2. The molecule has 1 aliphatic rings. The number of nitrogens with zero attached hydrogens (tertiary/aromatic N) is 2. The zero-order chi connectivity index (χ0) is 24.1. The number of rotatable bonds is 7. The first kappa shape index (κ1) is 23.9. The molecule has 34 heavy (non-hydrogen) atoms. The Balaban J connectivity index is 1.63. The molecular formula is C26H28ClN3O4. The van der Waals surface area contributed by atoms with Gasteiger partial charge in [-0.3, -0.25) is 4.79 Å². The SMILES string of the molecule is COc1ccc(CNC(=O)c2cc(-c3cc(C)cc(Cl)c3)cnc2N2CCOCC2)cc1OC. The number of ether oxygens (including phenoxy) is 3. The molecule has 1 N–H and O–H groups in total. The van der Waals surface area contributed by atoms with Crippen molar-refractivity contribution in [2.24, 2.45) is 0 Å². The van der Waals surface area contributed by atoms with E-state index in [4.69, 9.17) is 30.8 Å². The highest BCUT2D eigenvalue weighted by molar-refractivity contribution is 6.31. The average Bonchev–Trinajstić information content (AvgIpc) is 2.86. The highest BCUT2D eigenvalue weighted by Crippen LogP contribution is 2.30. The number of hydrogen-bond acceptors (Lipinski definition) is 6. The molecule has 178 valence electrons. The van der Waals surface area contributed by atoms with Gasteiger partial charge in [0.1, 0.15) is 5.82 Å². The van der Waals surface area contributed by atoms with Gasteiger partial charge in [0.15, 0.2) is 11.5 Å².